The molecular weight excluding hydrogens is 215 g/mol. The molecule has 2 saturated heterocycles. The van der Waals surface area contributed by atoms with Crippen molar-refractivity contribution in [2.45, 2.75) is 25.7 Å². The Bertz CT molecular complexity index is 217. The minimum absolute atomic E-state index is 1.04. The Kier molecular flexibility index (Phi) is 3.59. The molecule has 2 fully saturated rings. The Morgan fingerprint density at radius 3 is 1.57 bits per heavy atom. The zero-order valence-corrected chi connectivity index (χ0v) is 10.5. The van der Waals surface area contributed by atoms with Crippen molar-refractivity contribution < 1.29 is 4.57 Å². The van der Waals surface area contributed by atoms with Gasteiger partial charge in [0.25, 0.3) is 6.65 Å². The third kappa shape index (κ3) is 1.90. The maximum absolute atomic E-state index is 12.8. The van der Waals surface area contributed by atoms with Crippen LogP contribution in [0.15, 0.2) is 0 Å². The van der Waals surface area contributed by atoms with Gasteiger partial charge in [-0.25, -0.2) is 9.34 Å². The minimum atomic E-state index is -2.21. The zero-order valence-electron chi connectivity index (χ0n) is 8.81. The number of rotatable bonds is 3. The summed E-state index contributed by atoms with van der Waals surface area (Å²) in [5.74, 6) is 0. The van der Waals surface area contributed by atoms with Crippen molar-refractivity contribution in [3.05, 3.63) is 0 Å². The molecule has 3 nitrogen and oxygen atoms in total. The van der Waals surface area contributed by atoms with Crippen molar-refractivity contribution in [3.8, 4) is 0 Å². The highest BCUT2D eigenvalue weighted by Crippen LogP contribution is 2.64. The zero-order chi connectivity index (χ0) is 10.0. The fourth-order valence-electron chi connectivity index (χ4n) is 2.32. The molecule has 0 bridgehead atoms. The van der Waals surface area contributed by atoms with Crippen LogP contribution in [0.5, 0.6) is 0 Å². The number of nitrogens with zero attached hydrogens (tertiary/aromatic N) is 2. The summed E-state index contributed by atoms with van der Waals surface area (Å²) in [7, 11) is 0. The molecule has 0 spiro atoms. The monoisotopic (exact) mass is 234 g/mol. The van der Waals surface area contributed by atoms with E-state index in [-0.39, 0.29) is 0 Å². The molecule has 82 valence electrons. The molecule has 2 aliphatic heterocycles. The van der Waals surface area contributed by atoms with Crippen LogP contribution in [-0.4, -0.2) is 41.8 Å². The molecule has 5 heteroatoms. The van der Waals surface area contributed by atoms with Crippen LogP contribution in [0.1, 0.15) is 25.7 Å². The van der Waals surface area contributed by atoms with Crippen LogP contribution in [0.4, 0.5) is 0 Å². The highest BCUT2D eigenvalue weighted by molar-refractivity contribution is 8.56. The van der Waals surface area contributed by atoms with Crippen molar-refractivity contribution in [3.63, 3.8) is 0 Å². The molecule has 0 radical (unpaired) electrons. The van der Waals surface area contributed by atoms with Crippen molar-refractivity contribution in [2.75, 3.05) is 32.4 Å². The molecule has 0 aromatic rings. The number of hydrogen-bond donors (Lipinski definition) is 0. The maximum Gasteiger partial charge on any atom is 0.271 e. The van der Waals surface area contributed by atoms with E-state index >= 15 is 0 Å². The SMILES string of the molecule is CSP(=O)(N1CCCC1)N1CCCC1. The van der Waals surface area contributed by atoms with Crippen LogP contribution in [0.25, 0.3) is 0 Å². The second-order valence-corrected chi connectivity index (χ2v) is 8.99. The first-order valence-corrected chi connectivity index (χ1v) is 8.88. The van der Waals surface area contributed by atoms with Gasteiger partial charge in [0.05, 0.1) is 0 Å². The standard InChI is InChI=1S/C9H19N2OPS/c1-14-13(12,10-6-2-3-7-10)11-8-4-5-9-11/h2-9H2,1H3. The molecule has 0 aromatic carbocycles. The van der Waals surface area contributed by atoms with Gasteiger partial charge in [-0.15, -0.1) is 0 Å². The first-order chi connectivity index (χ1) is 6.77. The Labute approximate surface area is 90.4 Å². The fourth-order valence-corrected chi connectivity index (χ4v) is 7.08. The van der Waals surface area contributed by atoms with Gasteiger partial charge in [-0.1, -0.05) is 11.4 Å². The van der Waals surface area contributed by atoms with E-state index in [0.717, 1.165) is 26.2 Å². The molecule has 0 N–H and O–H groups in total. The second kappa shape index (κ2) is 4.56. The number of hydrogen-bond acceptors (Lipinski definition) is 2. The van der Waals surface area contributed by atoms with Gasteiger partial charge in [0.15, 0.2) is 0 Å². The van der Waals surface area contributed by atoms with E-state index in [0.29, 0.717) is 0 Å². The fraction of sp³-hybridized carbons (Fsp3) is 1.00. The van der Waals surface area contributed by atoms with E-state index in [2.05, 4.69) is 9.34 Å². The summed E-state index contributed by atoms with van der Waals surface area (Å²) in [6.45, 7) is 1.93. The molecule has 2 aliphatic rings. The van der Waals surface area contributed by atoms with Crippen LogP contribution >= 0.6 is 18.0 Å². The van der Waals surface area contributed by atoms with Gasteiger partial charge in [-0.3, -0.25) is 4.57 Å². The Balaban J connectivity index is 2.10. The van der Waals surface area contributed by atoms with E-state index in [1.807, 2.05) is 6.26 Å². The molecule has 2 heterocycles. The topological polar surface area (TPSA) is 23.6 Å². The van der Waals surface area contributed by atoms with Gasteiger partial charge < -0.3 is 0 Å². The quantitative estimate of drug-likeness (QED) is 0.700. The lowest BCUT2D eigenvalue weighted by Gasteiger charge is -2.33. The van der Waals surface area contributed by atoms with E-state index in [4.69, 9.17) is 0 Å². The second-order valence-electron chi connectivity index (χ2n) is 3.99. The predicted molar refractivity (Wildman–Crippen MR) is 62.7 cm³/mol. The van der Waals surface area contributed by atoms with Gasteiger partial charge in [-0.2, -0.15) is 0 Å². The van der Waals surface area contributed by atoms with Gasteiger partial charge in [0.2, 0.25) is 0 Å². The van der Waals surface area contributed by atoms with Crippen molar-refractivity contribution in [1.29, 1.82) is 0 Å². The largest absolute Gasteiger partial charge is 0.277 e. The lowest BCUT2D eigenvalue weighted by atomic mass is 10.4. The van der Waals surface area contributed by atoms with Gasteiger partial charge in [0, 0.05) is 26.2 Å². The molecule has 0 aromatic heterocycles. The van der Waals surface area contributed by atoms with E-state index in [1.54, 1.807) is 11.4 Å². The van der Waals surface area contributed by atoms with Gasteiger partial charge >= 0.3 is 0 Å². The third-order valence-electron chi connectivity index (χ3n) is 3.12. The first-order valence-electron chi connectivity index (χ1n) is 5.44. The maximum atomic E-state index is 12.8. The predicted octanol–water partition coefficient (Wildman–Crippen LogP) is 2.65. The van der Waals surface area contributed by atoms with Crippen LogP contribution in [-0.2, 0) is 4.57 Å². The summed E-state index contributed by atoms with van der Waals surface area (Å²) >= 11 is 1.57. The summed E-state index contributed by atoms with van der Waals surface area (Å²) in [5, 5.41) is 0. The summed E-state index contributed by atoms with van der Waals surface area (Å²) in [6.07, 6.45) is 6.88. The average molecular weight is 234 g/mol. The smallest absolute Gasteiger partial charge is 0.271 e. The molecule has 0 atom stereocenters. The minimum Gasteiger partial charge on any atom is -0.277 e. The normalized spacial score (nSPS) is 26.1. The summed E-state index contributed by atoms with van der Waals surface area (Å²) in [5.41, 5.74) is 0. The Morgan fingerprint density at radius 2 is 1.29 bits per heavy atom. The van der Waals surface area contributed by atoms with E-state index in [9.17, 15) is 4.57 Å². The lowest BCUT2D eigenvalue weighted by molar-refractivity contribution is 0.411. The highest BCUT2D eigenvalue weighted by atomic mass is 32.7. The van der Waals surface area contributed by atoms with Gasteiger partial charge in [-0.05, 0) is 31.9 Å². The van der Waals surface area contributed by atoms with Crippen LogP contribution in [0.2, 0.25) is 0 Å². The molecule has 0 saturated carbocycles. The third-order valence-corrected chi connectivity index (χ3v) is 8.64. The molecular formula is C9H19N2OPS. The lowest BCUT2D eigenvalue weighted by Crippen LogP contribution is -2.26. The molecule has 14 heavy (non-hydrogen) atoms. The van der Waals surface area contributed by atoms with Gasteiger partial charge in [0.1, 0.15) is 0 Å². The van der Waals surface area contributed by atoms with E-state index in [1.165, 1.54) is 25.7 Å². The molecule has 0 amide bonds. The summed E-state index contributed by atoms with van der Waals surface area (Å²) in [6, 6.07) is 0. The van der Waals surface area contributed by atoms with Crippen LogP contribution in [0.3, 0.4) is 0 Å². The van der Waals surface area contributed by atoms with Crippen molar-refractivity contribution in [1.82, 2.24) is 9.34 Å². The molecule has 2 rings (SSSR count). The van der Waals surface area contributed by atoms with Crippen LogP contribution in [0, 0.1) is 0 Å². The van der Waals surface area contributed by atoms with Crippen molar-refractivity contribution >= 4 is 18.0 Å². The average Bonchev–Trinajstić information content (AvgIpc) is 2.88. The summed E-state index contributed by atoms with van der Waals surface area (Å²) < 4.78 is 17.3. The summed E-state index contributed by atoms with van der Waals surface area (Å²) in [4.78, 5) is 0. The highest BCUT2D eigenvalue weighted by Gasteiger charge is 2.38. The molecule has 0 unspecified atom stereocenters. The molecule has 0 aliphatic carbocycles. The Morgan fingerprint density at radius 1 is 0.929 bits per heavy atom. The van der Waals surface area contributed by atoms with Crippen molar-refractivity contribution in [2.24, 2.45) is 0 Å². The van der Waals surface area contributed by atoms with E-state index < -0.39 is 6.65 Å². The first kappa shape index (κ1) is 11.0. The van der Waals surface area contributed by atoms with Crippen LogP contribution < -0.4 is 0 Å². The Hall–Kier alpha value is 0.500.